The van der Waals surface area contributed by atoms with Gasteiger partial charge in [0.2, 0.25) is 0 Å². The molecule has 2 N–H and O–H groups in total. The highest BCUT2D eigenvalue weighted by atomic mass is 19.1. The van der Waals surface area contributed by atoms with E-state index in [1.165, 1.54) is 0 Å². The van der Waals surface area contributed by atoms with Gasteiger partial charge in [-0.1, -0.05) is 6.08 Å². The lowest BCUT2D eigenvalue weighted by molar-refractivity contribution is 0.561. The van der Waals surface area contributed by atoms with Crippen molar-refractivity contribution < 1.29 is 4.39 Å². The zero-order valence-corrected chi connectivity index (χ0v) is 19.8. The summed E-state index contributed by atoms with van der Waals surface area (Å²) in [6.45, 7) is 12.7. The number of aromatic nitrogens is 1. The third-order valence-corrected chi connectivity index (χ3v) is 6.70. The molecule has 0 atom stereocenters. The molecule has 0 saturated heterocycles. The molecule has 0 fully saturated rings. The van der Waals surface area contributed by atoms with E-state index >= 15 is 4.39 Å². The van der Waals surface area contributed by atoms with Crippen LogP contribution in [0.15, 0.2) is 23.8 Å². The molecule has 0 radical (unpaired) electrons. The van der Waals surface area contributed by atoms with Crippen molar-refractivity contribution in [2.75, 3.05) is 17.2 Å². The molecule has 0 bridgehead atoms. The number of fused-ring (bicyclic) bond motifs is 2. The number of nitrogens with two attached hydrogens (primary N) is 1. The molecule has 0 unspecified atom stereocenters. The Morgan fingerprint density at radius 2 is 1.88 bits per heavy atom. The molecule has 2 aliphatic rings. The van der Waals surface area contributed by atoms with Crippen LogP contribution in [0.3, 0.4) is 0 Å². The van der Waals surface area contributed by atoms with E-state index in [9.17, 15) is 10.5 Å². The van der Waals surface area contributed by atoms with E-state index in [0.717, 1.165) is 23.4 Å². The number of rotatable bonds is 2. The topological polar surface area (TPSA) is 89.7 Å². The highest BCUT2D eigenvalue weighted by molar-refractivity contribution is 6.09. The fourth-order valence-electron chi connectivity index (χ4n) is 5.15. The van der Waals surface area contributed by atoms with E-state index in [1.807, 2.05) is 19.9 Å². The van der Waals surface area contributed by atoms with E-state index in [1.54, 1.807) is 19.1 Å². The molecule has 1 aromatic heterocycles. The summed E-state index contributed by atoms with van der Waals surface area (Å²) in [6, 6.07) is 7.76. The van der Waals surface area contributed by atoms with E-state index in [-0.39, 0.29) is 22.7 Å². The van der Waals surface area contributed by atoms with Gasteiger partial charge in [0.1, 0.15) is 23.8 Å². The minimum absolute atomic E-state index is 0.0959. The van der Waals surface area contributed by atoms with Gasteiger partial charge in [-0.3, -0.25) is 0 Å². The molecular weight excluding hydrogens is 413 g/mol. The molecule has 166 valence electrons. The Morgan fingerprint density at radius 1 is 1.18 bits per heavy atom. The fourth-order valence-corrected chi connectivity index (χ4v) is 5.15. The van der Waals surface area contributed by atoms with E-state index < -0.39 is 0 Å². The first-order chi connectivity index (χ1) is 15.5. The van der Waals surface area contributed by atoms with Crippen molar-refractivity contribution in [3.05, 3.63) is 63.1 Å². The van der Waals surface area contributed by atoms with Gasteiger partial charge in [0.05, 0.1) is 22.4 Å². The van der Waals surface area contributed by atoms with Crippen LogP contribution in [-0.2, 0) is 0 Å². The summed E-state index contributed by atoms with van der Waals surface area (Å²) in [7, 11) is 0. The molecule has 1 aliphatic carbocycles. The second-order valence-corrected chi connectivity index (χ2v) is 9.12. The van der Waals surface area contributed by atoms with Crippen molar-refractivity contribution >= 4 is 34.3 Å². The predicted octanol–water partition coefficient (Wildman–Crippen LogP) is 5.86. The summed E-state index contributed by atoms with van der Waals surface area (Å²) in [6.07, 6.45) is 3.96. The van der Waals surface area contributed by atoms with Crippen molar-refractivity contribution in [3.8, 4) is 12.1 Å². The summed E-state index contributed by atoms with van der Waals surface area (Å²) >= 11 is 0. The second kappa shape index (κ2) is 7.60. The van der Waals surface area contributed by atoms with Crippen LogP contribution < -0.4 is 10.6 Å². The summed E-state index contributed by atoms with van der Waals surface area (Å²) in [5.74, 6) is -0.245. The van der Waals surface area contributed by atoms with Gasteiger partial charge in [-0.15, -0.1) is 0 Å². The van der Waals surface area contributed by atoms with Gasteiger partial charge >= 0.3 is 0 Å². The molecule has 0 amide bonds. The van der Waals surface area contributed by atoms with Crippen molar-refractivity contribution in [1.82, 2.24) is 4.98 Å². The third kappa shape index (κ3) is 3.22. The minimum Gasteiger partial charge on any atom is -0.383 e. The Labute approximate surface area is 194 Å². The van der Waals surface area contributed by atoms with E-state index in [0.29, 0.717) is 39.1 Å². The van der Waals surface area contributed by atoms with Gasteiger partial charge in [0.15, 0.2) is 0 Å². The zero-order chi connectivity index (χ0) is 24.2. The lowest BCUT2D eigenvalue weighted by atomic mass is 9.87. The lowest BCUT2D eigenvalue weighted by Crippen LogP contribution is -2.45. The van der Waals surface area contributed by atoms with Crippen LogP contribution in [0, 0.1) is 35.4 Å². The molecule has 33 heavy (non-hydrogen) atoms. The Balaban J connectivity index is 1.98. The monoisotopic (exact) mass is 439 g/mol. The summed E-state index contributed by atoms with van der Waals surface area (Å²) in [5, 5.41) is 19.3. The minimum atomic E-state index is -0.341. The first-order valence-electron chi connectivity index (χ1n) is 10.9. The number of hydrogen-bond donors (Lipinski definition) is 1. The first kappa shape index (κ1) is 22.3. The number of halogens is 1. The van der Waals surface area contributed by atoms with Gasteiger partial charge < -0.3 is 10.6 Å². The van der Waals surface area contributed by atoms with Crippen molar-refractivity contribution in [1.29, 1.82) is 10.5 Å². The Morgan fingerprint density at radius 3 is 2.48 bits per heavy atom. The van der Waals surface area contributed by atoms with Crippen molar-refractivity contribution in [2.24, 2.45) is 0 Å². The fraction of sp³-hybridized carbons (Fsp3) is 0.296. The zero-order valence-electron chi connectivity index (χ0n) is 19.8. The number of nitrogen functional groups attached to an aromatic ring is 1. The number of likely N-dealkylation sites (N-methyl/N-ethyl adjacent to an activating group) is 1. The van der Waals surface area contributed by atoms with Crippen LogP contribution in [0.25, 0.3) is 22.8 Å². The Kier molecular flexibility index (Phi) is 5.14. The largest absolute Gasteiger partial charge is 0.383 e. The number of hydrogen-bond acceptors (Lipinski definition) is 5. The summed E-state index contributed by atoms with van der Waals surface area (Å²) in [4.78, 5) is 6.54. The quantitative estimate of drug-likeness (QED) is 0.633. The molecule has 2 heterocycles. The molecular formula is C27H26FN5. The van der Waals surface area contributed by atoms with Crippen molar-refractivity contribution in [3.63, 3.8) is 0 Å². The van der Waals surface area contributed by atoms with E-state index in [4.69, 9.17) is 5.73 Å². The van der Waals surface area contributed by atoms with Crippen LogP contribution in [0.5, 0.6) is 0 Å². The molecule has 0 saturated carbocycles. The van der Waals surface area contributed by atoms with Gasteiger partial charge in [0.25, 0.3) is 0 Å². The standard InChI is InChI=1S/C27H26FN5/c1-7-33-23-10-22(28)17(8-18(23)14(2)11-27(33,5)6)9-19-15(3)20(12-29)25-24(19)16(4)21(13-30)26(31)32-25/h8-11H,7H2,1-6H3,(H2,31,32)/b19-9+. The number of pyridine rings is 1. The normalized spacial score (nSPS) is 17.4. The SMILES string of the molecule is CCN1c2cc(F)c(/C=C3\C(C)=C(C#N)c4nc(N)c(C#N)c(C)c43)cc2C(C)=CC1(C)C. The van der Waals surface area contributed by atoms with Crippen LogP contribution in [0.4, 0.5) is 15.9 Å². The van der Waals surface area contributed by atoms with Crippen molar-refractivity contribution in [2.45, 2.75) is 47.1 Å². The highest BCUT2D eigenvalue weighted by Crippen LogP contribution is 2.45. The Bertz CT molecular complexity index is 1390. The number of nitriles is 2. The maximum atomic E-state index is 15.5. The van der Waals surface area contributed by atoms with Crippen LogP contribution in [0.2, 0.25) is 0 Å². The molecule has 1 aliphatic heterocycles. The number of nitrogens with zero attached hydrogens (tertiary/aromatic N) is 4. The molecule has 2 aromatic rings. The number of benzene rings is 1. The average molecular weight is 440 g/mol. The smallest absolute Gasteiger partial charge is 0.142 e. The Hall–Kier alpha value is -3.90. The molecule has 4 rings (SSSR count). The molecule has 5 nitrogen and oxygen atoms in total. The van der Waals surface area contributed by atoms with Gasteiger partial charge in [-0.2, -0.15) is 10.5 Å². The van der Waals surface area contributed by atoms with Gasteiger partial charge in [0, 0.05) is 28.9 Å². The summed E-state index contributed by atoms with van der Waals surface area (Å²) in [5.41, 5.74) is 12.9. The maximum absolute atomic E-state index is 15.5. The molecule has 0 spiro atoms. The first-order valence-corrected chi connectivity index (χ1v) is 10.9. The number of anilines is 2. The highest BCUT2D eigenvalue weighted by Gasteiger charge is 2.32. The predicted molar refractivity (Wildman–Crippen MR) is 131 cm³/mol. The average Bonchev–Trinajstić information content (AvgIpc) is 2.99. The van der Waals surface area contributed by atoms with Gasteiger partial charge in [-0.05, 0) is 82.0 Å². The maximum Gasteiger partial charge on any atom is 0.142 e. The van der Waals surface area contributed by atoms with Gasteiger partial charge in [-0.25, -0.2) is 9.37 Å². The second-order valence-electron chi connectivity index (χ2n) is 9.12. The van der Waals surface area contributed by atoms with E-state index in [2.05, 4.69) is 48.9 Å². The summed E-state index contributed by atoms with van der Waals surface area (Å²) < 4.78 is 15.5. The van der Waals surface area contributed by atoms with Crippen LogP contribution in [-0.4, -0.2) is 17.1 Å². The third-order valence-electron chi connectivity index (χ3n) is 6.70. The number of allylic oxidation sites excluding steroid dienone is 4. The molecule has 6 heteroatoms. The lowest BCUT2D eigenvalue weighted by Gasteiger charge is -2.43. The molecule has 1 aromatic carbocycles. The van der Waals surface area contributed by atoms with Crippen LogP contribution in [0.1, 0.15) is 68.1 Å². The van der Waals surface area contributed by atoms with Crippen LogP contribution >= 0.6 is 0 Å².